The van der Waals surface area contributed by atoms with E-state index in [-0.39, 0.29) is 13.1 Å². The van der Waals surface area contributed by atoms with Crippen LogP contribution in [0, 0.1) is 6.92 Å². The molecular formula is C21H20F3N3. The van der Waals surface area contributed by atoms with E-state index in [1.165, 1.54) is 0 Å². The second-order valence-electron chi connectivity index (χ2n) is 7.00. The summed E-state index contributed by atoms with van der Waals surface area (Å²) in [5.74, 6) is 0. The number of halogens is 3. The summed E-state index contributed by atoms with van der Waals surface area (Å²) < 4.78 is 41.8. The maximum absolute atomic E-state index is 13.3. The molecule has 1 aromatic carbocycles. The van der Waals surface area contributed by atoms with Crippen LogP contribution in [0.5, 0.6) is 0 Å². The molecular weight excluding hydrogens is 351 g/mol. The number of pyridine rings is 1. The Bertz CT molecular complexity index is 1020. The molecule has 1 aliphatic heterocycles. The van der Waals surface area contributed by atoms with E-state index in [1.807, 2.05) is 50.4 Å². The average Bonchev–Trinajstić information content (AvgIpc) is 2.94. The van der Waals surface area contributed by atoms with Crippen molar-refractivity contribution < 1.29 is 13.2 Å². The lowest BCUT2D eigenvalue weighted by Gasteiger charge is -2.29. The summed E-state index contributed by atoms with van der Waals surface area (Å²) in [6, 6.07) is 9.85. The number of hydrogen-bond donors (Lipinski definition) is 0. The molecule has 4 rings (SSSR count). The van der Waals surface area contributed by atoms with Crippen molar-refractivity contribution in [3.63, 3.8) is 0 Å². The third-order valence-corrected chi connectivity index (χ3v) is 5.16. The summed E-state index contributed by atoms with van der Waals surface area (Å²) in [7, 11) is 0. The zero-order valence-electron chi connectivity index (χ0n) is 15.2. The molecule has 0 unspecified atom stereocenters. The van der Waals surface area contributed by atoms with Gasteiger partial charge in [-0.05, 0) is 54.8 Å². The van der Waals surface area contributed by atoms with Crippen LogP contribution in [0.25, 0.3) is 22.7 Å². The zero-order valence-corrected chi connectivity index (χ0v) is 15.2. The Labute approximate surface area is 155 Å². The number of alkyl halides is 3. The zero-order chi connectivity index (χ0) is 19.2. The van der Waals surface area contributed by atoms with Crippen LogP contribution in [0.1, 0.15) is 29.3 Å². The number of rotatable bonds is 2. The average molecular weight is 371 g/mol. The molecule has 3 aromatic rings. The number of nitrogens with zero attached hydrogens (tertiary/aromatic N) is 3. The molecule has 0 fully saturated rings. The van der Waals surface area contributed by atoms with Gasteiger partial charge in [-0.3, -0.25) is 4.98 Å². The van der Waals surface area contributed by atoms with Crippen LogP contribution >= 0.6 is 0 Å². The molecule has 0 atom stereocenters. The number of fused-ring (bicyclic) bond motifs is 3. The van der Waals surface area contributed by atoms with Crippen molar-refractivity contribution >= 4 is 22.7 Å². The normalized spacial score (nSPS) is 16.0. The second kappa shape index (κ2) is 6.53. The Kier molecular flexibility index (Phi) is 4.30. The Morgan fingerprint density at radius 2 is 1.89 bits per heavy atom. The molecule has 0 aliphatic carbocycles. The first-order chi connectivity index (χ1) is 12.8. The summed E-state index contributed by atoms with van der Waals surface area (Å²) in [6.45, 7) is 3.85. The van der Waals surface area contributed by atoms with E-state index >= 15 is 0 Å². The summed E-state index contributed by atoms with van der Waals surface area (Å²) in [5.41, 5.74) is 5.81. The van der Waals surface area contributed by atoms with Gasteiger partial charge in [-0.2, -0.15) is 13.2 Å². The first-order valence-electron chi connectivity index (χ1n) is 8.87. The van der Waals surface area contributed by atoms with Crippen LogP contribution in [0.3, 0.4) is 0 Å². The van der Waals surface area contributed by atoms with Crippen molar-refractivity contribution in [2.75, 3.05) is 6.54 Å². The van der Waals surface area contributed by atoms with E-state index in [9.17, 15) is 13.2 Å². The predicted molar refractivity (Wildman–Crippen MR) is 101 cm³/mol. The second-order valence-corrected chi connectivity index (χ2v) is 7.00. The fourth-order valence-corrected chi connectivity index (χ4v) is 3.75. The lowest BCUT2D eigenvalue weighted by Crippen LogP contribution is -2.41. The Morgan fingerprint density at radius 3 is 2.59 bits per heavy atom. The minimum Gasteiger partial charge on any atom is -0.320 e. The van der Waals surface area contributed by atoms with E-state index in [4.69, 9.17) is 0 Å². The predicted octanol–water partition coefficient (Wildman–Crippen LogP) is 5.24. The van der Waals surface area contributed by atoms with Crippen LogP contribution in [-0.2, 0) is 13.0 Å². The molecule has 6 heteroatoms. The minimum atomic E-state index is -4.31. The van der Waals surface area contributed by atoms with E-state index < -0.39 is 6.30 Å². The van der Waals surface area contributed by atoms with Crippen molar-refractivity contribution in [1.29, 1.82) is 0 Å². The van der Waals surface area contributed by atoms with Gasteiger partial charge in [0.1, 0.15) is 0 Å². The van der Waals surface area contributed by atoms with Gasteiger partial charge in [-0.1, -0.05) is 11.6 Å². The summed E-state index contributed by atoms with van der Waals surface area (Å²) >= 11 is 0. The Balaban J connectivity index is 1.88. The molecule has 140 valence electrons. The highest BCUT2D eigenvalue weighted by Crippen LogP contribution is 2.36. The largest absolute Gasteiger partial charge is 0.460 e. The Hall–Kier alpha value is -2.60. The highest BCUT2D eigenvalue weighted by atomic mass is 19.4. The molecule has 0 saturated heterocycles. The van der Waals surface area contributed by atoms with E-state index in [2.05, 4.69) is 9.55 Å². The molecule has 2 aromatic heterocycles. The third-order valence-electron chi connectivity index (χ3n) is 5.16. The molecule has 0 bridgehead atoms. The topological polar surface area (TPSA) is 21.1 Å². The van der Waals surface area contributed by atoms with Gasteiger partial charge in [0.2, 0.25) is 0 Å². The first kappa shape index (κ1) is 17.8. The van der Waals surface area contributed by atoms with Gasteiger partial charge in [0.05, 0.1) is 5.52 Å². The van der Waals surface area contributed by atoms with Gasteiger partial charge < -0.3 is 4.57 Å². The highest BCUT2D eigenvalue weighted by molar-refractivity contribution is 5.90. The van der Waals surface area contributed by atoms with Crippen LogP contribution in [0.15, 0.2) is 42.7 Å². The molecule has 0 N–H and O–H groups in total. The maximum Gasteiger partial charge on any atom is 0.460 e. The summed E-state index contributed by atoms with van der Waals surface area (Å²) in [6.07, 6.45) is 1.55. The molecule has 1 aliphatic rings. The maximum atomic E-state index is 13.3. The lowest BCUT2D eigenvalue weighted by molar-refractivity contribution is -0.250. The van der Waals surface area contributed by atoms with Crippen molar-refractivity contribution in [3.8, 4) is 0 Å². The Morgan fingerprint density at radius 1 is 1.15 bits per heavy atom. The van der Waals surface area contributed by atoms with Crippen LogP contribution in [0.4, 0.5) is 13.2 Å². The van der Waals surface area contributed by atoms with Crippen molar-refractivity contribution in [2.45, 2.75) is 33.1 Å². The number of allylic oxidation sites excluding steroid dienone is 1. The molecule has 3 nitrogen and oxygen atoms in total. The first-order valence-corrected chi connectivity index (χ1v) is 8.87. The van der Waals surface area contributed by atoms with E-state index in [1.54, 1.807) is 12.4 Å². The van der Waals surface area contributed by atoms with Gasteiger partial charge in [0.15, 0.2) is 0 Å². The monoisotopic (exact) mass is 371 g/mol. The number of aryl methyl sites for hydroxylation is 1. The van der Waals surface area contributed by atoms with Gasteiger partial charge in [0.25, 0.3) is 0 Å². The number of aromatic nitrogens is 2. The summed E-state index contributed by atoms with van der Waals surface area (Å²) in [4.78, 5) is 4.64. The molecule has 0 spiro atoms. The van der Waals surface area contributed by atoms with Crippen LogP contribution in [0.2, 0.25) is 0 Å². The van der Waals surface area contributed by atoms with Crippen molar-refractivity contribution in [1.82, 2.24) is 14.5 Å². The van der Waals surface area contributed by atoms with Gasteiger partial charge in [-0.25, -0.2) is 4.90 Å². The number of hydrogen-bond acceptors (Lipinski definition) is 2. The quantitative estimate of drug-likeness (QED) is 0.575. The molecule has 0 saturated carbocycles. The minimum absolute atomic E-state index is 0.0199. The SMILES string of the molecule is CC(=Cn1c2c(c3cc(C)ccc31)CN(C(F)(F)F)CC2)c1ccncc1. The molecule has 0 radical (unpaired) electrons. The fourth-order valence-electron chi connectivity index (χ4n) is 3.75. The molecule has 3 heterocycles. The lowest BCUT2D eigenvalue weighted by atomic mass is 10.0. The van der Waals surface area contributed by atoms with Gasteiger partial charge in [0, 0.05) is 49.2 Å². The number of benzene rings is 1. The molecule has 0 amide bonds. The van der Waals surface area contributed by atoms with E-state index in [0.29, 0.717) is 11.3 Å². The van der Waals surface area contributed by atoms with Crippen LogP contribution in [-0.4, -0.2) is 27.3 Å². The summed E-state index contributed by atoms with van der Waals surface area (Å²) in [5, 5.41) is 0.901. The standard InChI is InChI=1S/C21H20F3N3/c1-14-3-4-19-17(11-14)18-13-26(21(22,23)24)10-7-20(18)27(19)12-15(2)16-5-8-25-9-6-16/h3-6,8-9,11-12H,7,10,13H2,1-2H3. The van der Waals surface area contributed by atoms with Crippen LogP contribution < -0.4 is 0 Å². The van der Waals surface area contributed by atoms with E-state index in [0.717, 1.165) is 38.9 Å². The third kappa shape index (κ3) is 3.25. The van der Waals surface area contributed by atoms with Gasteiger partial charge in [-0.15, -0.1) is 0 Å². The van der Waals surface area contributed by atoms with Crippen molar-refractivity contribution in [3.05, 3.63) is 65.1 Å². The molecule has 27 heavy (non-hydrogen) atoms. The highest BCUT2D eigenvalue weighted by Gasteiger charge is 2.40. The fraction of sp³-hybridized carbons (Fsp3) is 0.286. The smallest absolute Gasteiger partial charge is 0.320 e. The van der Waals surface area contributed by atoms with Crippen molar-refractivity contribution in [2.24, 2.45) is 0 Å². The van der Waals surface area contributed by atoms with Gasteiger partial charge >= 0.3 is 6.30 Å².